The van der Waals surface area contributed by atoms with Crippen LogP contribution in [0.1, 0.15) is 120 Å². The number of rotatable bonds is 17. The fourth-order valence-electron chi connectivity index (χ4n) is 5.38. The minimum Gasteiger partial charge on any atom is -0.491 e. The molecule has 1 aromatic heterocycles. The molecule has 3 rings (SSSR count). The van der Waals surface area contributed by atoms with Gasteiger partial charge in [0.25, 0.3) is 0 Å². The van der Waals surface area contributed by atoms with Gasteiger partial charge in [-0.25, -0.2) is 9.18 Å². The number of carbonyl (C=O) groups excluding carboxylic acids is 1. The van der Waals surface area contributed by atoms with Crippen molar-refractivity contribution in [2.75, 3.05) is 6.61 Å². The average molecular weight is 526 g/mol. The zero-order valence-electron chi connectivity index (χ0n) is 23.6. The van der Waals surface area contributed by atoms with Crippen molar-refractivity contribution >= 4 is 5.97 Å². The minimum atomic E-state index is -0.970. The Morgan fingerprint density at radius 2 is 1.53 bits per heavy atom. The molecule has 1 aromatic carbocycles. The first-order valence-electron chi connectivity index (χ1n) is 15.1. The first-order chi connectivity index (χ1) is 18.6. The van der Waals surface area contributed by atoms with E-state index in [0.717, 1.165) is 49.6 Å². The third-order valence-corrected chi connectivity index (χ3v) is 7.89. The van der Waals surface area contributed by atoms with E-state index >= 15 is 0 Å². The van der Waals surface area contributed by atoms with Crippen molar-refractivity contribution in [3.8, 4) is 11.5 Å². The second kappa shape index (κ2) is 17.2. The van der Waals surface area contributed by atoms with Gasteiger partial charge in [-0.1, -0.05) is 90.9 Å². The summed E-state index contributed by atoms with van der Waals surface area (Å²) in [5, 5.41) is 0. The predicted molar refractivity (Wildman–Crippen MR) is 153 cm³/mol. The minimum absolute atomic E-state index is 0.0360. The number of hydrogen-bond acceptors (Lipinski definition) is 4. The van der Waals surface area contributed by atoms with Crippen molar-refractivity contribution in [1.29, 1.82) is 0 Å². The number of aromatic nitrogens is 1. The van der Waals surface area contributed by atoms with Crippen LogP contribution < -0.4 is 9.47 Å². The van der Waals surface area contributed by atoms with Gasteiger partial charge >= 0.3 is 5.97 Å². The molecule has 0 radical (unpaired) electrons. The first kappa shape index (κ1) is 30.1. The number of halogens is 1. The number of carbonyl (C=O) groups is 1. The van der Waals surface area contributed by atoms with Crippen LogP contribution in [0.15, 0.2) is 42.6 Å². The Labute approximate surface area is 229 Å². The lowest BCUT2D eigenvalue weighted by molar-refractivity contribution is 0.0734. The summed E-state index contributed by atoms with van der Waals surface area (Å²) in [6.07, 6.45) is 18.6. The number of esters is 1. The molecule has 5 heteroatoms. The van der Waals surface area contributed by atoms with Gasteiger partial charge in [0.2, 0.25) is 0 Å². The molecule has 1 unspecified atom stereocenters. The lowest BCUT2D eigenvalue weighted by Crippen LogP contribution is -2.15. The molecule has 1 saturated carbocycles. The topological polar surface area (TPSA) is 48.4 Å². The Kier molecular flexibility index (Phi) is 13.6. The maximum absolute atomic E-state index is 14.0. The van der Waals surface area contributed by atoms with Gasteiger partial charge in [-0.3, -0.25) is 4.98 Å². The highest BCUT2D eigenvalue weighted by molar-refractivity contribution is 5.91. The molecule has 4 nitrogen and oxygen atoms in total. The Morgan fingerprint density at radius 3 is 2.18 bits per heavy atom. The fraction of sp³-hybridized carbons (Fsp3) is 0.636. The summed E-state index contributed by atoms with van der Waals surface area (Å²) in [6, 6.07) is 10.4. The molecule has 210 valence electrons. The van der Waals surface area contributed by atoms with E-state index in [2.05, 4.69) is 18.8 Å². The summed E-state index contributed by atoms with van der Waals surface area (Å²) in [5.41, 5.74) is 1.47. The highest BCUT2D eigenvalue weighted by atomic mass is 19.1. The smallest absolute Gasteiger partial charge is 0.343 e. The SMILES string of the molecule is CCCCCCC(F)COc1ccc(C(=O)Oc2ccc(CCC3CCC(CCCCC)CC3)nc2)cc1. The number of alkyl halides is 1. The van der Waals surface area contributed by atoms with E-state index in [1.54, 1.807) is 30.5 Å². The third-order valence-electron chi connectivity index (χ3n) is 7.89. The number of unbranched alkanes of at least 4 members (excludes halogenated alkanes) is 5. The zero-order chi connectivity index (χ0) is 27.0. The summed E-state index contributed by atoms with van der Waals surface area (Å²) < 4.78 is 25.0. The van der Waals surface area contributed by atoms with Crippen molar-refractivity contribution in [3.63, 3.8) is 0 Å². The van der Waals surface area contributed by atoms with E-state index < -0.39 is 12.1 Å². The van der Waals surface area contributed by atoms with Gasteiger partial charge in [0.05, 0.1) is 11.8 Å². The number of benzene rings is 1. The fourth-order valence-corrected chi connectivity index (χ4v) is 5.38. The van der Waals surface area contributed by atoms with E-state index in [0.29, 0.717) is 23.5 Å². The molecule has 1 aliphatic rings. The van der Waals surface area contributed by atoms with Crippen LogP contribution in [0, 0.1) is 11.8 Å². The van der Waals surface area contributed by atoms with Gasteiger partial charge in [-0.05, 0) is 67.5 Å². The van der Waals surface area contributed by atoms with Crippen LogP contribution in [0.4, 0.5) is 4.39 Å². The molecule has 2 aromatic rings. The third kappa shape index (κ3) is 11.1. The lowest BCUT2D eigenvalue weighted by Gasteiger charge is -2.28. The van der Waals surface area contributed by atoms with Crippen LogP contribution in [-0.2, 0) is 6.42 Å². The Morgan fingerprint density at radius 1 is 0.868 bits per heavy atom. The van der Waals surface area contributed by atoms with Crippen molar-refractivity contribution in [2.24, 2.45) is 11.8 Å². The molecule has 0 bridgehead atoms. The van der Waals surface area contributed by atoms with Crippen molar-refractivity contribution < 1.29 is 18.7 Å². The second-order valence-electron chi connectivity index (χ2n) is 11.1. The number of ether oxygens (including phenoxy) is 2. The molecule has 0 spiro atoms. The van der Waals surface area contributed by atoms with E-state index in [-0.39, 0.29) is 6.61 Å². The van der Waals surface area contributed by atoms with E-state index in [1.165, 1.54) is 57.8 Å². The Balaban J connectivity index is 1.34. The van der Waals surface area contributed by atoms with Crippen molar-refractivity contribution in [2.45, 2.75) is 116 Å². The summed E-state index contributed by atoms with van der Waals surface area (Å²) in [6.45, 7) is 4.46. The summed E-state index contributed by atoms with van der Waals surface area (Å²) in [4.78, 5) is 17.1. The van der Waals surface area contributed by atoms with Gasteiger partial charge < -0.3 is 9.47 Å². The molecule has 1 atom stereocenters. The van der Waals surface area contributed by atoms with Crippen LogP contribution in [-0.4, -0.2) is 23.7 Å². The maximum atomic E-state index is 14.0. The molecule has 38 heavy (non-hydrogen) atoms. The molecule has 0 aliphatic heterocycles. The monoisotopic (exact) mass is 525 g/mol. The Bertz CT molecular complexity index is 907. The van der Waals surface area contributed by atoms with Crippen molar-refractivity contribution in [1.82, 2.24) is 4.98 Å². The first-order valence-corrected chi connectivity index (χ1v) is 15.1. The summed E-state index contributed by atoms with van der Waals surface area (Å²) >= 11 is 0. The second-order valence-corrected chi connectivity index (χ2v) is 11.1. The molecule has 1 fully saturated rings. The molecule has 1 heterocycles. The van der Waals surface area contributed by atoms with Gasteiger partial charge in [0.1, 0.15) is 24.3 Å². The molecule has 1 aliphatic carbocycles. The maximum Gasteiger partial charge on any atom is 0.343 e. The molecule has 0 amide bonds. The van der Waals surface area contributed by atoms with Crippen LogP contribution in [0.3, 0.4) is 0 Å². The van der Waals surface area contributed by atoms with E-state index in [4.69, 9.17) is 9.47 Å². The Hall–Kier alpha value is -2.43. The number of hydrogen-bond donors (Lipinski definition) is 0. The summed E-state index contributed by atoms with van der Waals surface area (Å²) in [5.74, 6) is 2.30. The largest absolute Gasteiger partial charge is 0.491 e. The number of nitrogens with zero attached hydrogens (tertiary/aromatic N) is 1. The van der Waals surface area contributed by atoms with E-state index in [1.807, 2.05) is 12.1 Å². The zero-order valence-corrected chi connectivity index (χ0v) is 23.6. The number of pyridine rings is 1. The normalized spacial score (nSPS) is 18.2. The van der Waals surface area contributed by atoms with Gasteiger partial charge in [-0.2, -0.15) is 0 Å². The van der Waals surface area contributed by atoms with Gasteiger partial charge in [0, 0.05) is 5.69 Å². The van der Waals surface area contributed by atoms with Gasteiger partial charge in [-0.15, -0.1) is 0 Å². The molecule has 0 saturated heterocycles. The predicted octanol–water partition coefficient (Wildman–Crippen LogP) is 9.31. The van der Waals surface area contributed by atoms with Crippen LogP contribution in [0.5, 0.6) is 11.5 Å². The lowest BCUT2D eigenvalue weighted by atomic mass is 9.78. The van der Waals surface area contributed by atoms with Crippen LogP contribution in [0.2, 0.25) is 0 Å². The molecular weight excluding hydrogens is 477 g/mol. The standard InChI is InChI=1S/C33H48FNO3/c1-3-5-7-9-11-29(34)25-37-31-21-17-28(18-22-31)33(36)38-32-23-20-30(35-24-32)19-16-27-14-12-26(13-15-27)10-8-6-4-2/h17-18,20-24,26-27,29H,3-16,19,25H2,1-2H3. The highest BCUT2D eigenvalue weighted by Gasteiger charge is 2.21. The quantitative estimate of drug-likeness (QED) is 0.152. The van der Waals surface area contributed by atoms with Crippen molar-refractivity contribution in [3.05, 3.63) is 53.9 Å². The molecular formula is C33H48FNO3. The number of aryl methyl sites for hydroxylation is 1. The van der Waals surface area contributed by atoms with E-state index in [9.17, 15) is 9.18 Å². The summed E-state index contributed by atoms with van der Waals surface area (Å²) in [7, 11) is 0. The van der Waals surface area contributed by atoms with Crippen LogP contribution in [0.25, 0.3) is 0 Å². The molecule has 0 N–H and O–H groups in total. The van der Waals surface area contributed by atoms with Gasteiger partial charge in [0.15, 0.2) is 0 Å². The highest BCUT2D eigenvalue weighted by Crippen LogP contribution is 2.34. The average Bonchev–Trinajstić information content (AvgIpc) is 2.95. The van der Waals surface area contributed by atoms with Crippen LogP contribution >= 0.6 is 0 Å².